The van der Waals surface area contributed by atoms with Gasteiger partial charge in [0.1, 0.15) is 0 Å². The van der Waals surface area contributed by atoms with Crippen LogP contribution >= 0.6 is 0 Å². The van der Waals surface area contributed by atoms with Crippen LogP contribution in [0.2, 0.25) is 0 Å². The molecule has 1 atom stereocenters. The van der Waals surface area contributed by atoms with E-state index in [0.29, 0.717) is 6.54 Å². The third-order valence-corrected chi connectivity index (χ3v) is 3.35. The molecule has 2 heteroatoms. The second-order valence-corrected chi connectivity index (χ2v) is 4.84. The van der Waals surface area contributed by atoms with Crippen LogP contribution in [0.25, 0.3) is 11.1 Å². The molecule has 0 aliphatic heterocycles. The highest BCUT2D eigenvalue weighted by Crippen LogP contribution is 2.22. The van der Waals surface area contributed by atoms with Gasteiger partial charge < -0.3 is 5.32 Å². The first-order valence-electron chi connectivity index (χ1n) is 6.76. The van der Waals surface area contributed by atoms with Crippen LogP contribution in [0.5, 0.6) is 0 Å². The fraction of sp³-hybridized carbons (Fsp3) is 0.167. The standard InChI is InChI=1S/C18H19NO/c1-3-18(20)19-13-14(2)15-9-11-17(12-10-15)16-7-5-4-6-8-16/h3-12,14H,1,13H2,2H3,(H,19,20). The highest BCUT2D eigenvalue weighted by atomic mass is 16.1. The number of carbonyl (C=O) groups excluding carboxylic acids is 1. The smallest absolute Gasteiger partial charge is 0.243 e. The van der Waals surface area contributed by atoms with Gasteiger partial charge in [-0.15, -0.1) is 0 Å². The zero-order valence-electron chi connectivity index (χ0n) is 11.7. The summed E-state index contributed by atoms with van der Waals surface area (Å²) in [7, 11) is 0. The number of benzene rings is 2. The molecule has 0 spiro atoms. The van der Waals surface area contributed by atoms with Gasteiger partial charge >= 0.3 is 0 Å². The summed E-state index contributed by atoms with van der Waals surface area (Å²) in [6, 6.07) is 18.8. The molecule has 1 amide bonds. The van der Waals surface area contributed by atoms with Gasteiger partial charge in [-0.1, -0.05) is 68.1 Å². The van der Waals surface area contributed by atoms with E-state index in [0.717, 1.165) is 0 Å². The summed E-state index contributed by atoms with van der Waals surface area (Å²) in [5.41, 5.74) is 3.64. The number of carbonyl (C=O) groups is 1. The summed E-state index contributed by atoms with van der Waals surface area (Å²) in [6.07, 6.45) is 1.30. The Bertz CT molecular complexity index is 572. The summed E-state index contributed by atoms with van der Waals surface area (Å²) in [5.74, 6) is 0.154. The van der Waals surface area contributed by atoms with Crippen molar-refractivity contribution in [3.8, 4) is 11.1 Å². The molecule has 0 fully saturated rings. The molecule has 1 unspecified atom stereocenters. The molecule has 102 valence electrons. The zero-order valence-corrected chi connectivity index (χ0v) is 11.7. The van der Waals surface area contributed by atoms with E-state index >= 15 is 0 Å². The lowest BCUT2D eigenvalue weighted by Gasteiger charge is -2.13. The molecule has 1 N–H and O–H groups in total. The molecule has 0 bridgehead atoms. The van der Waals surface area contributed by atoms with Gasteiger partial charge in [-0.05, 0) is 28.7 Å². The van der Waals surface area contributed by atoms with Gasteiger partial charge in [-0.3, -0.25) is 4.79 Å². The predicted octanol–water partition coefficient (Wildman–Crippen LogP) is 3.76. The van der Waals surface area contributed by atoms with Crippen LogP contribution in [-0.2, 0) is 4.79 Å². The minimum absolute atomic E-state index is 0.127. The zero-order chi connectivity index (χ0) is 14.4. The highest BCUT2D eigenvalue weighted by molar-refractivity contribution is 5.86. The average Bonchev–Trinajstić information content (AvgIpc) is 2.53. The maximum Gasteiger partial charge on any atom is 0.243 e. The summed E-state index contributed by atoms with van der Waals surface area (Å²) >= 11 is 0. The van der Waals surface area contributed by atoms with Crippen molar-refractivity contribution in [2.24, 2.45) is 0 Å². The molecule has 0 radical (unpaired) electrons. The van der Waals surface area contributed by atoms with Crippen molar-refractivity contribution in [1.82, 2.24) is 5.32 Å². The van der Waals surface area contributed by atoms with Crippen LogP contribution in [0.15, 0.2) is 67.3 Å². The van der Waals surface area contributed by atoms with Crippen LogP contribution in [0, 0.1) is 0 Å². The quantitative estimate of drug-likeness (QED) is 0.819. The van der Waals surface area contributed by atoms with Crippen LogP contribution < -0.4 is 5.32 Å². The lowest BCUT2D eigenvalue weighted by atomic mass is 9.97. The number of hydrogen-bond donors (Lipinski definition) is 1. The Kier molecular flexibility index (Phi) is 4.72. The number of rotatable bonds is 5. The van der Waals surface area contributed by atoms with E-state index in [2.05, 4.69) is 55.2 Å². The summed E-state index contributed by atoms with van der Waals surface area (Å²) < 4.78 is 0. The van der Waals surface area contributed by atoms with E-state index in [-0.39, 0.29) is 11.8 Å². The van der Waals surface area contributed by atoms with Crippen molar-refractivity contribution in [2.75, 3.05) is 6.54 Å². The molecule has 2 nitrogen and oxygen atoms in total. The molecule has 20 heavy (non-hydrogen) atoms. The molecule has 0 saturated heterocycles. The van der Waals surface area contributed by atoms with Crippen LogP contribution in [-0.4, -0.2) is 12.5 Å². The number of nitrogens with one attached hydrogen (secondary N) is 1. The number of amides is 1. The Labute approximate surface area is 120 Å². The van der Waals surface area contributed by atoms with Crippen LogP contribution in [0.4, 0.5) is 0 Å². The summed E-state index contributed by atoms with van der Waals surface area (Å²) in [5, 5.41) is 2.82. The van der Waals surface area contributed by atoms with E-state index < -0.39 is 0 Å². The fourth-order valence-electron chi connectivity index (χ4n) is 2.08. The van der Waals surface area contributed by atoms with Crippen molar-refractivity contribution in [3.63, 3.8) is 0 Å². The third kappa shape index (κ3) is 3.58. The summed E-state index contributed by atoms with van der Waals surface area (Å²) in [6.45, 7) is 6.16. The molecular formula is C18H19NO. The Morgan fingerprint density at radius 2 is 1.70 bits per heavy atom. The van der Waals surface area contributed by atoms with Crippen molar-refractivity contribution in [1.29, 1.82) is 0 Å². The Balaban J connectivity index is 2.04. The van der Waals surface area contributed by atoms with Gasteiger partial charge in [0.05, 0.1) is 0 Å². The minimum atomic E-state index is -0.127. The van der Waals surface area contributed by atoms with Crippen molar-refractivity contribution in [3.05, 3.63) is 72.8 Å². The number of hydrogen-bond acceptors (Lipinski definition) is 1. The Morgan fingerprint density at radius 3 is 2.30 bits per heavy atom. The molecule has 2 aromatic carbocycles. The van der Waals surface area contributed by atoms with Crippen molar-refractivity contribution >= 4 is 5.91 Å². The first kappa shape index (κ1) is 14.1. The second kappa shape index (κ2) is 6.71. The first-order chi connectivity index (χ1) is 9.70. The van der Waals surface area contributed by atoms with Gasteiger partial charge in [0.2, 0.25) is 5.91 Å². The maximum absolute atomic E-state index is 11.2. The fourth-order valence-corrected chi connectivity index (χ4v) is 2.08. The van der Waals surface area contributed by atoms with Crippen molar-refractivity contribution in [2.45, 2.75) is 12.8 Å². The van der Waals surface area contributed by atoms with Crippen LogP contribution in [0.3, 0.4) is 0 Å². The molecule has 0 aromatic heterocycles. The van der Waals surface area contributed by atoms with Gasteiger partial charge in [0.15, 0.2) is 0 Å². The van der Waals surface area contributed by atoms with E-state index in [4.69, 9.17) is 0 Å². The monoisotopic (exact) mass is 265 g/mol. The molecular weight excluding hydrogens is 246 g/mol. The molecule has 0 heterocycles. The largest absolute Gasteiger partial charge is 0.352 e. The predicted molar refractivity (Wildman–Crippen MR) is 83.5 cm³/mol. The lowest BCUT2D eigenvalue weighted by Crippen LogP contribution is -2.25. The van der Waals surface area contributed by atoms with E-state index in [1.807, 2.05) is 18.2 Å². The van der Waals surface area contributed by atoms with E-state index in [9.17, 15) is 4.79 Å². The minimum Gasteiger partial charge on any atom is -0.352 e. The normalized spacial score (nSPS) is 11.7. The van der Waals surface area contributed by atoms with Crippen molar-refractivity contribution < 1.29 is 4.79 Å². The Morgan fingerprint density at radius 1 is 1.10 bits per heavy atom. The SMILES string of the molecule is C=CC(=O)NCC(C)c1ccc(-c2ccccc2)cc1. The topological polar surface area (TPSA) is 29.1 Å². The second-order valence-electron chi connectivity index (χ2n) is 4.84. The molecule has 2 rings (SSSR count). The Hall–Kier alpha value is -2.35. The van der Waals surface area contributed by atoms with E-state index in [1.165, 1.54) is 22.8 Å². The molecule has 0 aliphatic rings. The summed E-state index contributed by atoms with van der Waals surface area (Å²) in [4.78, 5) is 11.2. The van der Waals surface area contributed by atoms with Gasteiger partial charge in [0, 0.05) is 6.54 Å². The third-order valence-electron chi connectivity index (χ3n) is 3.35. The van der Waals surface area contributed by atoms with Gasteiger partial charge in [0.25, 0.3) is 0 Å². The van der Waals surface area contributed by atoms with E-state index in [1.54, 1.807) is 0 Å². The molecule has 0 saturated carbocycles. The average molecular weight is 265 g/mol. The highest BCUT2D eigenvalue weighted by Gasteiger charge is 2.06. The lowest BCUT2D eigenvalue weighted by molar-refractivity contribution is -0.116. The maximum atomic E-state index is 11.2. The molecule has 0 aliphatic carbocycles. The van der Waals surface area contributed by atoms with Crippen LogP contribution in [0.1, 0.15) is 18.4 Å². The molecule has 2 aromatic rings. The van der Waals surface area contributed by atoms with Gasteiger partial charge in [-0.2, -0.15) is 0 Å². The first-order valence-corrected chi connectivity index (χ1v) is 6.76. The van der Waals surface area contributed by atoms with Gasteiger partial charge in [-0.25, -0.2) is 0 Å².